The minimum absolute atomic E-state index is 1.02. The van der Waals surface area contributed by atoms with Gasteiger partial charge in [-0.15, -0.1) is 11.8 Å². The largest absolute Gasteiger partial charge is 0.109 e. The van der Waals surface area contributed by atoms with Gasteiger partial charge in [-0.1, -0.05) is 49.1 Å². The quantitative estimate of drug-likeness (QED) is 0.562. The second kappa shape index (κ2) is 6.46. The van der Waals surface area contributed by atoms with E-state index >= 15 is 0 Å². The fourth-order valence-electron chi connectivity index (χ4n) is 0.800. The molecule has 0 saturated heterocycles. The van der Waals surface area contributed by atoms with Crippen LogP contribution in [-0.2, 0) is 0 Å². The summed E-state index contributed by atoms with van der Waals surface area (Å²) >= 11 is 8.67. The van der Waals surface area contributed by atoms with Gasteiger partial charge >= 0.3 is 0 Å². The first kappa shape index (κ1) is 11.1. The van der Waals surface area contributed by atoms with Crippen LogP contribution in [0.5, 0.6) is 0 Å². The van der Waals surface area contributed by atoms with E-state index in [1.165, 1.54) is 11.3 Å². The second-order valence-electron chi connectivity index (χ2n) is 2.51. The first-order valence-electron chi connectivity index (χ1n) is 4.22. The van der Waals surface area contributed by atoms with Crippen LogP contribution in [-0.4, -0.2) is 9.28 Å². The van der Waals surface area contributed by atoms with Crippen LogP contribution in [0.15, 0.2) is 35.2 Å². The van der Waals surface area contributed by atoms with Gasteiger partial charge in [0, 0.05) is 4.90 Å². The highest BCUT2D eigenvalue weighted by atomic mass is 32.2. The lowest BCUT2D eigenvalue weighted by Crippen LogP contribution is -1.82. The van der Waals surface area contributed by atoms with Crippen molar-refractivity contribution < 1.29 is 0 Å². The minimum atomic E-state index is 1.02. The average Bonchev–Trinajstić information content (AvgIpc) is 2.16. The monoisotopic (exact) mass is 228 g/mol. The van der Waals surface area contributed by atoms with Gasteiger partial charge in [0.25, 0.3) is 0 Å². The van der Waals surface area contributed by atoms with E-state index in [1.54, 1.807) is 23.5 Å². The van der Waals surface area contributed by atoms with Gasteiger partial charge in [0.15, 0.2) is 0 Å². The standard InChI is InChI=1S/C10H12S3/c1-2-8-12-10(11)13-9-6-4-3-5-7-9/h3-7H,2,8H2,1H3. The fourth-order valence-corrected chi connectivity index (χ4v) is 2.97. The molecule has 0 bridgehead atoms. The molecule has 0 heterocycles. The number of thioether (sulfide) groups is 2. The van der Waals surface area contributed by atoms with Gasteiger partial charge in [-0.05, 0) is 24.3 Å². The van der Waals surface area contributed by atoms with Crippen LogP contribution in [0.3, 0.4) is 0 Å². The van der Waals surface area contributed by atoms with E-state index < -0.39 is 0 Å². The van der Waals surface area contributed by atoms with E-state index in [0.29, 0.717) is 0 Å². The zero-order valence-corrected chi connectivity index (χ0v) is 9.98. The Morgan fingerprint density at radius 2 is 2.00 bits per heavy atom. The Hall–Kier alpha value is 0.01000. The molecule has 0 aromatic heterocycles. The summed E-state index contributed by atoms with van der Waals surface area (Å²) in [5, 5.41) is 0. The number of hydrogen-bond acceptors (Lipinski definition) is 3. The summed E-state index contributed by atoms with van der Waals surface area (Å²) in [5.74, 6) is 1.12. The highest BCUT2D eigenvalue weighted by Gasteiger charge is 1.99. The zero-order chi connectivity index (χ0) is 9.52. The van der Waals surface area contributed by atoms with Crippen LogP contribution >= 0.6 is 35.7 Å². The summed E-state index contributed by atoms with van der Waals surface area (Å²) in [6.07, 6.45) is 1.18. The molecule has 0 aliphatic heterocycles. The summed E-state index contributed by atoms with van der Waals surface area (Å²) in [6, 6.07) is 10.3. The van der Waals surface area contributed by atoms with Crippen LogP contribution in [0.1, 0.15) is 13.3 Å². The maximum atomic E-state index is 5.23. The average molecular weight is 228 g/mol. The van der Waals surface area contributed by atoms with Gasteiger partial charge < -0.3 is 0 Å². The third-order valence-corrected chi connectivity index (χ3v) is 4.10. The van der Waals surface area contributed by atoms with Gasteiger partial charge in [-0.2, -0.15) is 0 Å². The molecule has 0 amide bonds. The molecule has 0 radical (unpaired) electrons. The molecule has 0 aliphatic rings. The lowest BCUT2D eigenvalue weighted by atomic mass is 10.4. The molecule has 1 aromatic carbocycles. The summed E-state index contributed by atoms with van der Waals surface area (Å²) in [4.78, 5) is 1.23. The highest BCUT2D eigenvalue weighted by Crippen LogP contribution is 2.25. The zero-order valence-electron chi connectivity index (χ0n) is 7.53. The van der Waals surface area contributed by atoms with Crippen molar-refractivity contribution in [1.82, 2.24) is 0 Å². The van der Waals surface area contributed by atoms with Crippen LogP contribution in [0.25, 0.3) is 0 Å². The van der Waals surface area contributed by atoms with Gasteiger partial charge in [0.1, 0.15) is 3.53 Å². The lowest BCUT2D eigenvalue weighted by molar-refractivity contribution is 1.11. The predicted octanol–water partition coefficient (Wildman–Crippen LogP) is 4.21. The second-order valence-corrected chi connectivity index (χ2v) is 5.89. The molecule has 0 aliphatic carbocycles. The summed E-state index contributed by atoms with van der Waals surface area (Å²) < 4.78 is 1.02. The molecular formula is C10H12S3. The Morgan fingerprint density at radius 3 is 2.62 bits per heavy atom. The van der Waals surface area contributed by atoms with E-state index in [1.807, 2.05) is 18.2 Å². The molecule has 0 saturated carbocycles. The van der Waals surface area contributed by atoms with Crippen molar-refractivity contribution in [2.45, 2.75) is 18.2 Å². The number of hydrogen-bond donors (Lipinski definition) is 0. The topological polar surface area (TPSA) is 0 Å². The van der Waals surface area contributed by atoms with Gasteiger partial charge in [-0.25, -0.2) is 0 Å². The maximum absolute atomic E-state index is 5.23. The molecule has 0 spiro atoms. The van der Waals surface area contributed by atoms with Crippen molar-refractivity contribution in [3.8, 4) is 0 Å². The fraction of sp³-hybridized carbons (Fsp3) is 0.300. The smallest absolute Gasteiger partial charge is 0.107 e. The van der Waals surface area contributed by atoms with Crippen molar-refractivity contribution in [2.24, 2.45) is 0 Å². The molecule has 1 rings (SSSR count). The maximum Gasteiger partial charge on any atom is 0.109 e. The Balaban J connectivity index is 2.37. The third kappa shape index (κ3) is 4.69. The van der Waals surface area contributed by atoms with Crippen molar-refractivity contribution in [2.75, 3.05) is 5.75 Å². The van der Waals surface area contributed by atoms with Gasteiger partial charge in [0.05, 0.1) is 0 Å². The number of rotatable bonds is 3. The van der Waals surface area contributed by atoms with Crippen molar-refractivity contribution >= 4 is 39.3 Å². The minimum Gasteiger partial charge on any atom is -0.107 e. The molecule has 3 heteroatoms. The van der Waals surface area contributed by atoms with Crippen LogP contribution in [0.2, 0.25) is 0 Å². The SMILES string of the molecule is CCCSC(=S)Sc1ccccc1. The molecular weight excluding hydrogens is 216 g/mol. The molecule has 0 unspecified atom stereocenters. The molecule has 0 fully saturated rings. The van der Waals surface area contributed by atoms with Gasteiger partial charge in [0.2, 0.25) is 0 Å². The number of benzene rings is 1. The molecule has 70 valence electrons. The summed E-state index contributed by atoms with van der Waals surface area (Å²) in [6.45, 7) is 2.17. The number of thiocarbonyl (C=S) groups is 1. The van der Waals surface area contributed by atoms with E-state index in [4.69, 9.17) is 12.2 Å². The summed E-state index contributed by atoms with van der Waals surface area (Å²) in [5.41, 5.74) is 0. The van der Waals surface area contributed by atoms with E-state index in [0.717, 1.165) is 9.28 Å². The first-order chi connectivity index (χ1) is 6.33. The molecule has 0 atom stereocenters. The molecule has 0 N–H and O–H groups in total. The Bertz CT molecular complexity index is 256. The van der Waals surface area contributed by atoms with Crippen LogP contribution in [0.4, 0.5) is 0 Å². The van der Waals surface area contributed by atoms with Crippen LogP contribution in [0, 0.1) is 0 Å². The third-order valence-electron chi connectivity index (χ3n) is 1.37. The van der Waals surface area contributed by atoms with Crippen molar-refractivity contribution in [3.05, 3.63) is 30.3 Å². The van der Waals surface area contributed by atoms with Gasteiger partial charge in [-0.3, -0.25) is 0 Å². The Morgan fingerprint density at radius 1 is 1.31 bits per heavy atom. The molecule has 0 nitrogen and oxygen atoms in total. The Labute approximate surface area is 93.5 Å². The van der Waals surface area contributed by atoms with Crippen molar-refractivity contribution in [3.63, 3.8) is 0 Å². The summed E-state index contributed by atoms with van der Waals surface area (Å²) in [7, 11) is 0. The normalized spacial score (nSPS) is 9.92. The van der Waals surface area contributed by atoms with E-state index in [9.17, 15) is 0 Å². The van der Waals surface area contributed by atoms with Crippen LogP contribution < -0.4 is 0 Å². The first-order valence-corrected chi connectivity index (χ1v) is 6.43. The van der Waals surface area contributed by atoms with E-state index in [2.05, 4.69) is 19.1 Å². The van der Waals surface area contributed by atoms with Crippen molar-refractivity contribution in [1.29, 1.82) is 0 Å². The molecule has 13 heavy (non-hydrogen) atoms. The van der Waals surface area contributed by atoms with E-state index in [-0.39, 0.29) is 0 Å². The lowest BCUT2D eigenvalue weighted by Gasteiger charge is -2.01. The molecule has 1 aromatic rings. The highest BCUT2D eigenvalue weighted by molar-refractivity contribution is 8.47. The Kier molecular flexibility index (Phi) is 5.51. The predicted molar refractivity (Wildman–Crippen MR) is 67.6 cm³/mol.